The molecule has 0 aliphatic carbocycles. The number of halogens is 2. The van der Waals surface area contributed by atoms with Gasteiger partial charge in [0.2, 0.25) is 0 Å². The van der Waals surface area contributed by atoms with Crippen molar-refractivity contribution in [2.45, 2.75) is 25.0 Å². The van der Waals surface area contributed by atoms with E-state index in [0.717, 1.165) is 16.9 Å². The number of H-pyrrole nitrogens is 1. The molecule has 0 fully saturated rings. The SMILES string of the molecule is CSCC[C@@H](CO)NC(=O)c1ccc(COCC(c2ccc(F)cc2)c2ncc[nH]2)cc1-c1ccc(F)cc1. The number of hydrogen-bond donors (Lipinski definition) is 3. The van der Waals surface area contributed by atoms with Crippen LogP contribution in [0.5, 0.6) is 0 Å². The van der Waals surface area contributed by atoms with Crippen molar-refractivity contribution < 1.29 is 23.4 Å². The number of aromatic nitrogens is 2. The second kappa shape index (κ2) is 14.0. The number of benzene rings is 3. The van der Waals surface area contributed by atoms with Gasteiger partial charge in [0.25, 0.3) is 5.91 Å². The summed E-state index contributed by atoms with van der Waals surface area (Å²) >= 11 is 1.64. The first-order valence-electron chi connectivity index (χ1n) is 12.6. The summed E-state index contributed by atoms with van der Waals surface area (Å²) in [4.78, 5) is 20.7. The first-order valence-corrected chi connectivity index (χ1v) is 14.0. The van der Waals surface area contributed by atoms with Gasteiger partial charge in [0, 0.05) is 18.0 Å². The van der Waals surface area contributed by atoms with Crippen molar-refractivity contribution >= 4 is 17.7 Å². The van der Waals surface area contributed by atoms with Crippen LogP contribution < -0.4 is 5.32 Å². The zero-order valence-corrected chi connectivity index (χ0v) is 22.4. The molecule has 0 bridgehead atoms. The number of aromatic amines is 1. The van der Waals surface area contributed by atoms with Crippen LogP contribution in [0.2, 0.25) is 0 Å². The second-order valence-electron chi connectivity index (χ2n) is 9.11. The zero-order chi connectivity index (χ0) is 27.6. The number of carbonyl (C=O) groups excluding carboxylic acids is 1. The molecule has 1 unspecified atom stereocenters. The average Bonchev–Trinajstić information content (AvgIpc) is 3.49. The Balaban J connectivity index is 1.54. The topological polar surface area (TPSA) is 87.2 Å². The maximum atomic E-state index is 13.6. The Morgan fingerprint density at radius 2 is 1.79 bits per heavy atom. The molecule has 0 aliphatic rings. The number of imidazole rings is 1. The van der Waals surface area contributed by atoms with Crippen molar-refractivity contribution in [3.63, 3.8) is 0 Å². The van der Waals surface area contributed by atoms with Crippen molar-refractivity contribution in [2.75, 3.05) is 25.2 Å². The van der Waals surface area contributed by atoms with Crippen molar-refractivity contribution in [3.05, 3.63) is 113 Å². The number of aliphatic hydroxyl groups excluding tert-OH is 1. The maximum absolute atomic E-state index is 13.6. The van der Waals surface area contributed by atoms with Crippen molar-refractivity contribution in [3.8, 4) is 11.1 Å². The Morgan fingerprint density at radius 3 is 2.44 bits per heavy atom. The molecule has 1 aromatic heterocycles. The van der Waals surface area contributed by atoms with E-state index in [2.05, 4.69) is 15.3 Å². The summed E-state index contributed by atoms with van der Waals surface area (Å²) in [6.45, 7) is 0.386. The molecule has 1 amide bonds. The van der Waals surface area contributed by atoms with Crippen LogP contribution in [0.3, 0.4) is 0 Å². The predicted molar refractivity (Wildman–Crippen MR) is 150 cm³/mol. The molecule has 6 nitrogen and oxygen atoms in total. The number of hydrogen-bond acceptors (Lipinski definition) is 5. The first kappa shape index (κ1) is 28.5. The summed E-state index contributed by atoms with van der Waals surface area (Å²) < 4.78 is 33.2. The molecule has 0 spiro atoms. The molecule has 4 rings (SSSR count). The lowest BCUT2D eigenvalue weighted by molar-refractivity contribution is 0.0915. The molecule has 3 aromatic carbocycles. The fourth-order valence-electron chi connectivity index (χ4n) is 4.27. The van der Waals surface area contributed by atoms with E-state index in [9.17, 15) is 18.7 Å². The molecule has 2 atom stereocenters. The van der Waals surface area contributed by atoms with E-state index < -0.39 is 0 Å². The highest BCUT2D eigenvalue weighted by molar-refractivity contribution is 7.98. The fourth-order valence-corrected chi connectivity index (χ4v) is 4.79. The van der Waals surface area contributed by atoms with Gasteiger partial charge in [0.1, 0.15) is 17.5 Å². The Morgan fingerprint density at radius 1 is 1.08 bits per heavy atom. The third-order valence-electron chi connectivity index (χ3n) is 6.38. The lowest BCUT2D eigenvalue weighted by atomic mass is 9.96. The summed E-state index contributed by atoms with van der Waals surface area (Å²) in [6.07, 6.45) is 6.01. The Labute approximate surface area is 230 Å². The molecule has 0 radical (unpaired) electrons. The van der Waals surface area contributed by atoms with Gasteiger partial charge in [0.05, 0.1) is 31.8 Å². The molecule has 9 heteroatoms. The Kier molecular flexibility index (Phi) is 10.2. The van der Waals surface area contributed by atoms with Gasteiger partial charge in [-0.05, 0) is 77.1 Å². The quantitative estimate of drug-likeness (QED) is 0.203. The highest BCUT2D eigenvalue weighted by Gasteiger charge is 2.19. The lowest BCUT2D eigenvalue weighted by Crippen LogP contribution is -2.38. The number of amides is 1. The van der Waals surface area contributed by atoms with E-state index in [1.54, 1.807) is 54.5 Å². The second-order valence-corrected chi connectivity index (χ2v) is 10.1. The molecular weight excluding hydrogens is 520 g/mol. The maximum Gasteiger partial charge on any atom is 0.252 e. The smallest absolute Gasteiger partial charge is 0.252 e. The highest BCUT2D eigenvalue weighted by atomic mass is 32.2. The van der Waals surface area contributed by atoms with Gasteiger partial charge < -0.3 is 20.1 Å². The summed E-state index contributed by atoms with van der Waals surface area (Å²) in [5.41, 5.74) is 3.44. The van der Waals surface area contributed by atoms with Gasteiger partial charge in [-0.2, -0.15) is 11.8 Å². The van der Waals surface area contributed by atoms with Crippen LogP contribution in [0.15, 0.2) is 79.1 Å². The minimum Gasteiger partial charge on any atom is -0.394 e. The van der Waals surface area contributed by atoms with E-state index in [1.165, 1.54) is 24.3 Å². The number of rotatable bonds is 13. The summed E-state index contributed by atoms with van der Waals surface area (Å²) in [6, 6.07) is 17.2. The van der Waals surface area contributed by atoms with Gasteiger partial charge in [0.15, 0.2) is 0 Å². The number of nitrogens with zero attached hydrogens (tertiary/aromatic N) is 1. The van der Waals surface area contributed by atoms with Crippen molar-refractivity contribution in [1.29, 1.82) is 0 Å². The number of thioether (sulfide) groups is 1. The zero-order valence-electron chi connectivity index (χ0n) is 21.6. The molecule has 204 valence electrons. The lowest BCUT2D eigenvalue weighted by Gasteiger charge is -2.19. The Hall–Kier alpha value is -3.53. The predicted octanol–water partition coefficient (Wildman–Crippen LogP) is 5.55. The van der Waals surface area contributed by atoms with E-state index in [1.807, 2.05) is 18.4 Å². The van der Waals surface area contributed by atoms with Crippen LogP contribution in [-0.4, -0.2) is 52.2 Å². The average molecular weight is 552 g/mol. The third kappa shape index (κ3) is 7.75. The van der Waals surface area contributed by atoms with Crippen LogP contribution in [0, 0.1) is 11.6 Å². The molecule has 1 heterocycles. The van der Waals surface area contributed by atoms with Gasteiger partial charge in [-0.3, -0.25) is 4.79 Å². The molecule has 0 saturated carbocycles. The fraction of sp³-hybridized carbons (Fsp3) is 0.267. The van der Waals surface area contributed by atoms with Crippen LogP contribution in [0.4, 0.5) is 8.78 Å². The standard InChI is InChI=1S/C30H31F2N3O3S/c1-39-15-12-25(17-36)35-30(37)26-11-2-20(16-27(26)21-3-7-23(31)8-4-21)18-38-19-28(29-33-13-14-34-29)22-5-9-24(32)10-6-22/h2-11,13-14,16,25,28,36H,12,15,17-19H2,1H3,(H,33,34)(H,35,37)/t25-,28?/m0/s1. The summed E-state index contributed by atoms with van der Waals surface area (Å²) in [5.74, 6) is 0.302. The molecular formula is C30H31F2N3O3S. The summed E-state index contributed by atoms with van der Waals surface area (Å²) in [7, 11) is 0. The van der Waals surface area contributed by atoms with Gasteiger partial charge in [-0.25, -0.2) is 13.8 Å². The van der Waals surface area contributed by atoms with E-state index in [-0.39, 0.29) is 42.7 Å². The largest absolute Gasteiger partial charge is 0.394 e. The molecule has 4 aromatic rings. The monoisotopic (exact) mass is 551 g/mol. The van der Waals surface area contributed by atoms with E-state index in [4.69, 9.17) is 4.74 Å². The molecule has 0 saturated heterocycles. The number of carbonyl (C=O) groups is 1. The van der Waals surface area contributed by atoms with Gasteiger partial charge in [-0.15, -0.1) is 0 Å². The highest BCUT2D eigenvalue weighted by Crippen LogP contribution is 2.27. The first-order chi connectivity index (χ1) is 19.0. The molecule has 0 aliphatic heterocycles. The van der Waals surface area contributed by atoms with Crippen molar-refractivity contribution in [2.24, 2.45) is 0 Å². The third-order valence-corrected chi connectivity index (χ3v) is 7.03. The number of aliphatic hydroxyl groups is 1. The van der Waals surface area contributed by atoms with Crippen LogP contribution in [0.25, 0.3) is 11.1 Å². The number of ether oxygens (including phenoxy) is 1. The van der Waals surface area contributed by atoms with Gasteiger partial charge >= 0.3 is 0 Å². The van der Waals surface area contributed by atoms with Crippen molar-refractivity contribution in [1.82, 2.24) is 15.3 Å². The molecule has 39 heavy (non-hydrogen) atoms. The minimum atomic E-state index is -0.369. The van der Waals surface area contributed by atoms with E-state index in [0.29, 0.717) is 35.5 Å². The normalized spacial score (nSPS) is 12.7. The van der Waals surface area contributed by atoms with E-state index >= 15 is 0 Å². The van der Waals surface area contributed by atoms with Crippen LogP contribution >= 0.6 is 11.8 Å². The summed E-state index contributed by atoms with van der Waals surface area (Å²) in [5, 5.41) is 12.6. The number of nitrogens with one attached hydrogen (secondary N) is 2. The van der Waals surface area contributed by atoms with Crippen LogP contribution in [-0.2, 0) is 11.3 Å². The minimum absolute atomic E-state index is 0.158. The molecule has 3 N–H and O–H groups in total. The van der Waals surface area contributed by atoms with Crippen LogP contribution in [0.1, 0.15) is 39.6 Å². The Bertz CT molecular complexity index is 1330. The van der Waals surface area contributed by atoms with Gasteiger partial charge in [-0.1, -0.05) is 30.3 Å².